The Bertz CT molecular complexity index is 2120. The Morgan fingerprint density at radius 2 is 1.42 bits per heavy atom. The van der Waals surface area contributed by atoms with Crippen LogP contribution in [0.25, 0.3) is 0 Å². The van der Waals surface area contributed by atoms with E-state index in [1.165, 1.54) is 6.92 Å². The summed E-state index contributed by atoms with van der Waals surface area (Å²) in [5, 5.41) is 30.7. The summed E-state index contributed by atoms with van der Waals surface area (Å²) < 4.78 is 27.1. The Balaban J connectivity index is 0.00000748. The Morgan fingerprint density at radius 3 is 2.00 bits per heavy atom. The van der Waals surface area contributed by atoms with E-state index in [1.807, 2.05) is 115 Å². The van der Waals surface area contributed by atoms with Gasteiger partial charge in [0, 0.05) is 37.2 Å². The zero-order valence-electron chi connectivity index (χ0n) is 40.3. The molecule has 0 radical (unpaired) electrons. The summed E-state index contributed by atoms with van der Waals surface area (Å²) >= 11 is 0. The first kappa shape index (κ1) is 57.8. The third-order valence-electron chi connectivity index (χ3n) is 12.2. The molecule has 1 saturated heterocycles. The molecule has 2 heterocycles. The minimum Gasteiger partial charge on any atom is -0.870 e. The maximum absolute atomic E-state index is 13.5. The number of hydrogen-bond donors (Lipinski definition) is 3. The van der Waals surface area contributed by atoms with Gasteiger partial charge in [-0.2, -0.15) is 0 Å². The van der Waals surface area contributed by atoms with Crippen molar-refractivity contribution < 1.29 is 98.0 Å². The number of fused-ring (bicyclic) bond motifs is 1. The van der Waals surface area contributed by atoms with Crippen LogP contribution in [0.1, 0.15) is 114 Å². The third-order valence-corrected chi connectivity index (χ3v) is 12.2. The zero-order chi connectivity index (χ0) is 47.7. The number of carbonyl (C=O) groups excluding carboxylic acids is 5. The van der Waals surface area contributed by atoms with Crippen molar-refractivity contribution in [3.63, 3.8) is 0 Å². The van der Waals surface area contributed by atoms with Crippen LogP contribution in [0.15, 0.2) is 107 Å². The third kappa shape index (κ3) is 15.6. The maximum Gasteiger partial charge on any atom is 1.00 e. The van der Waals surface area contributed by atoms with E-state index >= 15 is 0 Å². The summed E-state index contributed by atoms with van der Waals surface area (Å²) in [6.45, 7) is 18.3. The number of esters is 4. The molecule has 4 rings (SSSR count). The molecule has 0 amide bonds. The SMILES string of the molecule is CC(=O)OC1CC(C)(C)C(=C=C/C=C/C=C/C(C)=C/C=C/C=C(C)/C=C/C=C(\C)C(=O)CC23OC2(C)CC(OC(=O)CCC(=O)OC[C@H](O)[C@H]2OC(=O)[C-]=C2O)CC3(C)C)[C@@](C)(O)C1.[Na+].[OH-]. The maximum atomic E-state index is 13.5. The summed E-state index contributed by atoms with van der Waals surface area (Å²) in [7, 11) is 0. The number of cyclic esters (lactones) is 1. The van der Waals surface area contributed by atoms with Gasteiger partial charge < -0.3 is 50.6 Å². The molecule has 0 spiro atoms. The van der Waals surface area contributed by atoms with Crippen LogP contribution in [0.3, 0.4) is 0 Å². The van der Waals surface area contributed by atoms with Gasteiger partial charge in [-0.15, -0.1) is 5.73 Å². The number of ether oxygens (including phenoxy) is 5. The normalized spacial score (nSPS) is 28.7. The van der Waals surface area contributed by atoms with Crippen molar-refractivity contribution in [1.82, 2.24) is 0 Å². The summed E-state index contributed by atoms with van der Waals surface area (Å²) in [6, 6.07) is 0. The number of Topliss-reactive ketones (excluding diaryl/α,β-unsaturated/α-hetero) is 1. The molecule has 15 heteroatoms. The van der Waals surface area contributed by atoms with E-state index in [2.05, 4.69) is 5.73 Å². The van der Waals surface area contributed by atoms with Gasteiger partial charge in [0.1, 0.15) is 30.5 Å². The molecule has 0 aromatic rings. The van der Waals surface area contributed by atoms with E-state index in [4.69, 9.17) is 23.7 Å². The van der Waals surface area contributed by atoms with Crippen LogP contribution in [0.2, 0.25) is 0 Å². The molecule has 0 aromatic heterocycles. The Labute approximate surface area is 411 Å². The van der Waals surface area contributed by atoms with Crippen LogP contribution < -0.4 is 29.6 Å². The van der Waals surface area contributed by atoms with Gasteiger partial charge in [-0.1, -0.05) is 106 Å². The van der Waals surface area contributed by atoms with Crippen molar-refractivity contribution in [2.24, 2.45) is 10.8 Å². The average molecular weight is 926 g/mol. The van der Waals surface area contributed by atoms with Crippen LogP contribution >= 0.6 is 0 Å². The van der Waals surface area contributed by atoms with E-state index in [0.29, 0.717) is 31.3 Å². The second-order valence-corrected chi connectivity index (χ2v) is 18.9. The van der Waals surface area contributed by atoms with Crippen molar-refractivity contribution in [1.29, 1.82) is 0 Å². The fourth-order valence-electron chi connectivity index (χ4n) is 9.10. The molecular formula is C51H66NaO14-. The van der Waals surface area contributed by atoms with Crippen molar-refractivity contribution in [2.45, 2.75) is 155 Å². The first-order chi connectivity index (χ1) is 29.8. The first-order valence-corrected chi connectivity index (χ1v) is 21.7. The standard InChI is InChI=1S/C51H65O13.Na.H2O/c1-33(18-13-11-12-14-23-42-47(5,6)27-37(61-36(4)52)29-49(42,9)59)19-15-16-20-34(2)21-17-22-35(3)40(54)31-51-48(7,8)28-38(30-50(51,10)64-51)62-44(57)25-24-43(56)60-32-41(55)46-39(53)26-45(58)63-46;;/h11-22,37-38,41,46,53,55,59H,24-25,27-32H2,1-10H3;;1H2/q-1;+1;/p-1/b12-11+,16-15+,18-13+,21-17+,33-19+,34-20+,35-22+;;/t23?,37?,38?,41-,46-,49-,50?,51?;;/m0../s1. The van der Waals surface area contributed by atoms with Crippen LogP contribution in [-0.2, 0) is 47.7 Å². The van der Waals surface area contributed by atoms with Crippen LogP contribution in [0.4, 0.5) is 0 Å². The fourth-order valence-corrected chi connectivity index (χ4v) is 9.10. The smallest absolute Gasteiger partial charge is 0.870 e. The van der Waals surface area contributed by atoms with Crippen LogP contribution in [0.5, 0.6) is 0 Å². The first-order valence-electron chi connectivity index (χ1n) is 21.7. The number of carbonyl (C=O) groups is 5. The molecule has 3 fully saturated rings. The molecule has 2 saturated carbocycles. The number of aliphatic hydroxyl groups is 3. The Kier molecular flexibility index (Phi) is 21.1. The number of hydrogen-bond acceptors (Lipinski definition) is 14. The number of epoxide rings is 1. The molecule has 0 aromatic carbocycles. The number of ketones is 1. The molecular weight excluding hydrogens is 860 g/mol. The van der Waals surface area contributed by atoms with E-state index in [1.54, 1.807) is 26.0 Å². The second-order valence-electron chi connectivity index (χ2n) is 18.9. The predicted molar refractivity (Wildman–Crippen MR) is 241 cm³/mol. The van der Waals surface area contributed by atoms with Crippen molar-refractivity contribution in [2.75, 3.05) is 6.61 Å². The quantitative estimate of drug-likeness (QED) is 0.0251. The largest absolute Gasteiger partial charge is 1.00 e. The van der Waals surface area contributed by atoms with Gasteiger partial charge in [-0.3, -0.25) is 24.0 Å². The van der Waals surface area contributed by atoms with Gasteiger partial charge in [0.2, 0.25) is 0 Å². The van der Waals surface area contributed by atoms with Gasteiger partial charge in [-0.25, -0.2) is 0 Å². The molecule has 4 aliphatic rings. The Hall–Kier alpha value is -4.37. The number of aliphatic hydroxyl groups excluding tert-OH is 2. The van der Waals surface area contributed by atoms with Crippen molar-refractivity contribution in [3.05, 3.63) is 113 Å². The van der Waals surface area contributed by atoms with Gasteiger partial charge >= 0.3 is 47.5 Å². The zero-order valence-corrected chi connectivity index (χ0v) is 42.3. The molecule has 0 bridgehead atoms. The predicted octanol–water partition coefficient (Wildman–Crippen LogP) is 4.53. The molecule has 4 unspecified atom stereocenters. The Morgan fingerprint density at radius 1 is 0.818 bits per heavy atom. The summed E-state index contributed by atoms with van der Waals surface area (Å²) in [4.78, 5) is 61.0. The molecule has 14 nitrogen and oxygen atoms in total. The van der Waals surface area contributed by atoms with Gasteiger partial charge in [0.05, 0.1) is 24.0 Å². The molecule has 4 N–H and O–H groups in total. The molecule has 356 valence electrons. The van der Waals surface area contributed by atoms with Gasteiger partial charge in [-0.05, 0) is 70.3 Å². The topological polar surface area (TPSA) is 225 Å². The summed E-state index contributed by atoms with van der Waals surface area (Å²) in [6.07, 6.45) is 22.6. The van der Waals surface area contributed by atoms with Crippen LogP contribution in [-0.4, -0.2) is 98.3 Å². The van der Waals surface area contributed by atoms with Crippen LogP contribution in [0, 0.1) is 16.9 Å². The summed E-state index contributed by atoms with van der Waals surface area (Å²) in [5.74, 6) is -3.28. The molecule has 66 heavy (non-hydrogen) atoms. The van der Waals surface area contributed by atoms with E-state index in [-0.39, 0.29) is 77.6 Å². The number of allylic oxidation sites excluding steroid dienone is 14. The minimum absolute atomic E-state index is 0. The molecule has 2 aliphatic carbocycles. The van der Waals surface area contributed by atoms with Gasteiger partial charge in [0.25, 0.3) is 0 Å². The van der Waals surface area contributed by atoms with Crippen molar-refractivity contribution >= 4 is 29.7 Å². The van der Waals surface area contributed by atoms with E-state index in [9.17, 15) is 39.3 Å². The molecule has 7 atom stereocenters. The number of rotatable bonds is 18. The van der Waals surface area contributed by atoms with Crippen molar-refractivity contribution in [3.8, 4) is 0 Å². The minimum atomic E-state index is -1.49. The van der Waals surface area contributed by atoms with E-state index < -0.39 is 70.8 Å². The summed E-state index contributed by atoms with van der Waals surface area (Å²) in [5.41, 5.74) is 3.26. The second kappa shape index (κ2) is 24.1. The fraction of sp³-hybridized carbons (Fsp3) is 0.529. The average Bonchev–Trinajstić information content (AvgIpc) is 3.64. The monoisotopic (exact) mass is 925 g/mol. The molecule has 2 aliphatic heterocycles. The van der Waals surface area contributed by atoms with E-state index in [0.717, 1.165) is 16.7 Å². The van der Waals surface area contributed by atoms with Gasteiger partial charge in [0.15, 0.2) is 17.9 Å².